The molecule has 0 radical (unpaired) electrons. The van der Waals surface area contributed by atoms with E-state index >= 15 is 0 Å². The van der Waals surface area contributed by atoms with Crippen molar-refractivity contribution < 1.29 is 0 Å². The minimum absolute atomic E-state index is 0.627. The third-order valence-electron chi connectivity index (χ3n) is 3.99. The Balaban J connectivity index is 1.57. The highest BCUT2D eigenvalue weighted by molar-refractivity contribution is 6.30. The number of rotatable bonds is 4. The Morgan fingerprint density at radius 1 is 1.10 bits per heavy atom. The van der Waals surface area contributed by atoms with Crippen molar-refractivity contribution in [1.82, 2.24) is 19.7 Å². The molecule has 2 aromatic rings. The summed E-state index contributed by atoms with van der Waals surface area (Å²) in [5.41, 5.74) is 1.41. The van der Waals surface area contributed by atoms with Gasteiger partial charge >= 0.3 is 0 Å². The summed E-state index contributed by atoms with van der Waals surface area (Å²) in [5.74, 6) is 0.627. The van der Waals surface area contributed by atoms with E-state index in [0.717, 1.165) is 24.7 Å². The highest BCUT2D eigenvalue weighted by Gasteiger charge is 2.20. The molecule has 2 heterocycles. The standard InChI is InChI=1S/C15H19ClN4/c16-15-5-3-13(4-6-15)14-2-1-7-19(10-14)8-9-20-11-17-18-12-20/h3-6,11-12,14H,1-2,7-10H2/t14-/m0/s1. The lowest BCUT2D eigenvalue weighted by Crippen LogP contribution is -2.36. The van der Waals surface area contributed by atoms with E-state index in [1.807, 2.05) is 16.7 Å². The first-order chi connectivity index (χ1) is 9.81. The molecule has 1 aromatic carbocycles. The predicted octanol–water partition coefficient (Wildman–Crippen LogP) is 2.81. The van der Waals surface area contributed by atoms with Crippen LogP contribution < -0.4 is 0 Å². The molecule has 3 rings (SSSR count). The van der Waals surface area contributed by atoms with Crippen LogP contribution in [0.4, 0.5) is 0 Å². The van der Waals surface area contributed by atoms with Gasteiger partial charge in [0.2, 0.25) is 0 Å². The van der Waals surface area contributed by atoms with Crippen LogP contribution in [0.2, 0.25) is 5.02 Å². The van der Waals surface area contributed by atoms with Gasteiger partial charge in [0, 0.05) is 24.7 Å². The summed E-state index contributed by atoms with van der Waals surface area (Å²) in [7, 11) is 0. The highest BCUT2D eigenvalue weighted by Crippen LogP contribution is 2.27. The number of benzene rings is 1. The van der Waals surface area contributed by atoms with Crippen LogP contribution in [-0.4, -0.2) is 39.3 Å². The molecule has 0 amide bonds. The number of halogens is 1. The van der Waals surface area contributed by atoms with E-state index in [4.69, 9.17) is 11.6 Å². The van der Waals surface area contributed by atoms with E-state index < -0.39 is 0 Å². The Kier molecular flexibility index (Phi) is 4.33. The molecule has 0 N–H and O–H groups in total. The molecule has 1 fully saturated rings. The molecule has 0 bridgehead atoms. The van der Waals surface area contributed by atoms with E-state index in [2.05, 4.69) is 27.2 Å². The topological polar surface area (TPSA) is 34.0 Å². The fourth-order valence-electron chi connectivity index (χ4n) is 2.86. The molecule has 20 heavy (non-hydrogen) atoms. The Morgan fingerprint density at radius 2 is 1.85 bits per heavy atom. The third kappa shape index (κ3) is 3.38. The second kappa shape index (κ2) is 6.37. The van der Waals surface area contributed by atoms with Crippen LogP contribution in [-0.2, 0) is 6.54 Å². The maximum Gasteiger partial charge on any atom is 0.119 e. The third-order valence-corrected chi connectivity index (χ3v) is 4.24. The normalized spacial score (nSPS) is 20.1. The van der Waals surface area contributed by atoms with Crippen LogP contribution in [0.3, 0.4) is 0 Å². The summed E-state index contributed by atoms with van der Waals surface area (Å²) >= 11 is 5.96. The van der Waals surface area contributed by atoms with Crippen LogP contribution >= 0.6 is 11.6 Å². The molecule has 4 nitrogen and oxygen atoms in total. The second-order valence-corrected chi connectivity index (χ2v) is 5.83. The molecule has 0 aliphatic carbocycles. The van der Waals surface area contributed by atoms with E-state index in [1.165, 1.54) is 24.9 Å². The quantitative estimate of drug-likeness (QED) is 0.868. The summed E-state index contributed by atoms with van der Waals surface area (Å²) in [4.78, 5) is 2.53. The van der Waals surface area contributed by atoms with Crippen LogP contribution in [0.5, 0.6) is 0 Å². The van der Waals surface area contributed by atoms with Crippen molar-refractivity contribution >= 4 is 11.6 Å². The SMILES string of the molecule is Clc1ccc([C@H]2CCCN(CCn3cnnc3)C2)cc1. The van der Waals surface area contributed by atoms with Crippen molar-refractivity contribution in [2.24, 2.45) is 0 Å². The van der Waals surface area contributed by atoms with Gasteiger partial charge in [-0.1, -0.05) is 23.7 Å². The minimum Gasteiger partial charge on any atom is -0.319 e. The fourth-order valence-corrected chi connectivity index (χ4v) is 2.99. The molecule has 1 aromatic heterocycles. The lowest BCUT2D eigenvalue weighted by Gasteiger charge is -2.33. The van der Waals surface area contributed by atoms with E-state index in [9.17, 15) is 0 Å². The monoisotopic (exact) mass is 290 g/mol. The van der Waals surface area contributed by atoms with Gasteiger partial charge in [-0.25, -0.2) is 0 Å². The molecule has 106 valence electrons. The van der Waals surface area contributed by atoms with Crippen LogP contribution in [0.15, 0.2) is 36.9 Å². The Bertz CT molecular complexity index is 523. The van der Waals surface area contributed by atoms with Gasteiger partial charge in [-0.3, -0.25) is 0 Å². The van der Waals surface area contributed by atoms with E-state index in [-0.39, 0.29) is 0 Å². The van der Waals surface area contributed by atoms with Gasteiger partial charge in [0.05, 0.1) is 0 Å². The summed E-state index contributed by atoms with van der Waals surface area (Å²) < 4.78 is 2.03. The number of aromatic nitrogens is 3. The number of hydrogen-bond donors (Lipinski definition) is 0. The molecular weight excluding hydrogens is 272 g/mol. The number of piperidine rings is 1. The van der Waals surface area contributed by atoms with Crippen molar-refractivity contribution in [3.05, 3.63) is 47.5 Å². The smallest absolute Gasteiger partial charge is 0.119 e. The molecule has 1 aliphatic rings. The minimum atomic E-state index is 0.627. The summed E-state index contributed by atoms with van der Waals surface area (Å²) in [6.45, 7) is 4.33. The predicted molar refractivity (Wildman–Crippen MR) is 79.9 cm³/mol. The van der Waals surface area contributed by atoms with Crippen molar-refractivity contribution in [3.63, 3.8) is 0 Å². The summed E-state index contributed by atoms with van der Waals surface area (Å²) in [5, 5.41) is 8.49. The number of likely N-dealkylation sites (tertiary alicyclic amines) is 1. The Hall–Kier alpha value is -1.39. The molecule has 0 unspecified atom stereocenters. The maximum absolute atomic E-state index is 5.96. The Morgan fingerprint density at radius 3 is 2.60 bits per heavy atom. The van der Waals surface area contributed by atoms with Gasteiger partial charge < -0.3 is 9.47 Å². The van der Waals surface area contributed by atoms with Crippen LogP contribution in [0, 0.1) is 0 Å². The van der Waals surface area contributed by atoms with Crippen molar-refractivity contribution in [3.8, 4) is 0 Å². The molecule has 1 saturated heterocycles. The lowest BCUT2D eigenvalue weighted by atomic mass is 9.91. The average molecular weight is 291 g/mol. The molecular formula is C15H19ClN4. The average Bonchev–Trinajstić information content (AvgIpc) is 3.00. The first kappa shape index (κ1) is 13.6. The maximum atomic E-state index is 5.96. The van der Waals surface area contributed by atoms with E-state index in [0.29, 0.717) is 5.92 Å². The van der Waals surface area contributed by atoms with Crippen molar-refractivity contribution in [2.45, 2.75) is 25.3 Å². The van der Waals surface area contributed by atoms with Gasteiger partial charge in [0.1, 0.15) is 12.7 Å². The molecule has 1 aliphatic heterocycles. The fraction of sp³-hybridized carbons (Fsp3) is 0.467. The zero-order valence-electron chi connectivity index (χ0n) is 11.5. The van der Waals surface area contributed by atoms with Gasteiger partial charge in [-0.05, 0) is 43.0 Å². The van der Waals surface area contributed by atoms with Crippen molar-refractivity contribution in [2.75, 3.05) is 19.6 Å². The van der Waals surface area contributed by atoms with Gasteiger partial charge in [-0.2, -0.15) is 0 Å². The van der Waals surface area contributed by atoms with E-state index in [1.54, 1.807) is 12.7 Å². The zero-order chi connectivity index (χ0) is 13.8. The second-order valence-electron chi connectivity index (χ2n) is 5.39. The highest BCUT2D eigenvalue weighted by atomic mass is 35.5. The first-order valence-electron chi connectivity index (χ1n) is 7.11. The lowest BCUT2D eigenvalue weighted by molar-refractivity contribution is 0.201. The van der Waals surface area contributed by atoms with Crippen LogP contribution in [0.1, 0.15) is 24.3 Å². The molecule has 0 saturated carbocycles. The van der Waals surface area contributed by atoms with Gasteiger partial charge in [-0.15, -0.1) is 10.2 Å². The number of hydrogen-bond acceptors (Lipinski definition) is 3. The van der Waals surface area contributed by atoms with Gasteiger partial charge in [0.25, 0.3) is 0 Å². The molecule has 1 atom stereocenters. The van der Waals surface area contributed by atoms with Crippen LogP contribution in [0.25, 0.3) is 0 Å². The van der Waals surface area contributed by atoms with Gasteiger partial charge in [0.15, 0.2) is 0 Å². The summed E-state index contributed by atoms with van der Waals surface area (Å²) in [6, 6.07) is 8.31. The zero-order valence-corrected chi connectivity index (χ0v) is 12.2. The molecule has 5 heteroatoms. The Labute approximate surface area is 124 Å². The first-order valence-corrected chi connectivity index (χ1v) is 7.49. The largest absolute Gasteiger partial charge is 0.319 e. The number of nitrogens with zero attached hydrogens (tertiary/aromatic N) is 4. The molecule has 0 spiro atoms. The summed E-state index contributed by atoms with van der Waals surface area (Å²) in [6.07, 6.45) is 6.08. The van der Waals surface area contributed by atoms with Crippen molar-refractivity contribution in [1.29, 1.82) is 0 Å².